The molecule has 1 heterocycles. The summed E-state index contributed by atoms with van der Waals surface area (Å²) in [6, 6.07) is 17.0. The zero-order chi connectivity index (χ0) is 21.1. The van der Waals surface area contributed by atoms with Gasteiger partial charge in [0, 0.05) is 26.1 Å². The molecule has 0 aromatic heterocycles. The number of nitrogens with one attached hydrogen (secondary N) is 1. The number of rotatable bonds is 5. The van der Waals surface area contributed by atoms with Gasteiger partial charge >= 0.3 is 0 Å². The third kappa shape index (κ3) is 4.00. The molecule has 1 N–H and O–H groups in total. The quantitative estimate of drug-likeness (QED) is 0.805. The highest BCUT2D eigenvalue weighted by Crippen LogP contribution is 2.38. The first-order valence-electron chi connectivity index (χ1n) is 11.2. The molecule has 0 bridgehead atoms. The van der Waals surface area contributed by atoms with E-state index in [1.807, 2.05) is 4.90 Å². The molecule has 158 valence electrons. The van der Waals surface area contributed by atoms with E-state index in [4.69, 9.17) is 0 Å². The number of benzene rings is 2. The number of nitrogens with zero attached hydrogens (tertiary/aromatic N) is 1. The number of likely N-dealkylation sites (tertiary alicyclic amines) is 1. The van der Waals surface area contributed by atoms with Gasteiger partial charge in [-0.25, -0.2) is 0 Å². The normalized spacial score (nSPS) is 18.5. The molecule has 4 nitrogen and oxygen atoms in total. The van der Waals surface area contributed by atoms with Crippen LogP contribution in [0.5, 0.6) is 0 Å². The molecule has 30 heavy (non-hydrogen) atoms. The minimum atomic E-state index is -0.449. The molecule has 0 unspecified atom stereocenters. The zero-order valence-corrected chi connectivity index (χ0v) is 18.1. The van der Waals surface area contributed by atoms with E-state index >= 15 is 0 Å². The van der Waals surface area contributed by atoms with Crippen LogP contribution in [0, 0.1) is 18.3 Å². The van der Waals surface area contributed by atoms with E-state index in [-0.39, 0.29) is 11.8 Å². The van der Waals surface area contributed by atoms with Crippen molar-refractivity contribution in [3.05, 3.63) is 59.7 Å². The van der Waals surface area contributed by atoms with Crippen LogP contribution in [0.25, 0.3) is 11.1 Å². The van der Waals surface area contributed by atoms with E-state index in [9.17, 15) is 9.59 Å². The van der Waals surface area contributed by atoms with Crippen molar-refractivity contribution in [2.24, 2.45) is 11.3 Å². The Morgan fingerprint density at radius 3 is 2.43 bits per heavy atom. The van der Waals surface area contributed by atoms with Gasteiger partial charge in [0.2, 0.25) is 11.8 Å². The van der Waals surface area contributed by atoms with E-state index in [0.29, 0.717) is 25.4 Å². The Hall–Kier alpha value is -2.62. The SMILES string of the molecule is CNC(=O)C1(Cc2cccc(-c3ccccc3C)c2)CCN(C(=O)C2CCC2)CC1. The molecule has 2 fully saturated rings. The largest absolute Gasteiger partial charge is 0.359 e. The van der Waals surface area contributed by atoms with E-state index in [1.54, 1.807) is 7.05 Å². The third-order valence-corrected chi connectivity index (χ3v) is 7.12. The average molecular weight is 405 g/mol. The summed E-state index contributed by atoms with van der Waals surface area (Å²) in [5, 5.41) is 2.90. The molecular formula is C26H32N2O2. The van der Waals surface area contributed by atoms with Crippen molar-refractivity contribution >= 4 is 11.8 Å². The van der Waals surface area contributed by atoms with Crippen LogP contribution in [0.1, 0.15) is 43.2 Å². The molecule has 2 amide bonds. The predicted molar refractivity (Wildman–Crippen MR) is 120 cm³/mol. The molecule has 0 radical (unpaired) electrons. The van der Waals surface area contributed by atoms with Gasteiger partial charge in [0.1, 0.15) is 0 Å². The number of hydrogen-bond donors (Lipinski definition) is 1. The average Bonchev–Trinajstić information content (AvgIpc) is 2.73. The smallest absolute Gasteiger partial charge is 0.226 e. The van der Waals surface area contributed by atoms with Crippen LogP contribution in [0.2, 0.25) is 0 Å². The minimum Gasteiger partial charge on any atom is -0.359 e. The summed E-state index contributed by atoms with van der Waals surface area (Å²) >= 11 is 0. The fraction of sp³-hybridized carbons (Fsp3) is 0.462. The molecule has 0 atom stereocenters. The number of hydrogen-bond acceptors (Lipinski definition) is 2. The van der Waals surface area contributed by atoms with Gasteiger partial charge in [-0.1, -0.05) is 55.0 Å². The lowest BCUT2D eigenvalue weighted by Crippen LogP contribution is -2.52. The van der Waals surface area contributed by atoms with Crippen LogP contribution in [-0.4, -0.2) is 36.9 Å². The Balaban J connectivity index is 1.53. The molecule has 0 spiro atoms. The summed E-state index contributed by atoms with van der Waals surface area (Å²) in [5.74, 6) is 0.621. The second-order valence-corrected chi connectivity index (χ2v) is 9.00. The topological polar surface area (TPSA) is 49.4 Å². The molecule has 2 aromatic rings. The van der Waals surface area contributed by atoms with Gasteiger partial charge in [-0.15, -0.1) is 0 Å². The van der Waals surface area contributed by atoms with Crippen molar-refractivity contribution in [1.82, 2.24) is 10.2 Å². The molecule has 1 saturated carbocycles. The predicted octanol–water partition coefficient (Wildman–Crippen LogP) is 4.36. The Bertz CT molecular complexity index is 924. The molecule has 1 aliphatic carbocycles. The molecule has 2 aromatic carbocycles. The van der Waals surface area contributed by atoms with Crippen molar-refractivity contribution in [2.45, 2.75) is 45.4 Å². The lowest BCUT2D eigenvalue weighted by atomic mass is 9.72. The van der Waals surface area contributed by atoms with E-state index in [1.165, 1.54) is 28.7 Å². The lowest BCUT2D eigenvalue weighted by molar-refractivity contribution is -0.144. The fourth-order valence-corrected chi connectivity index (χ4v) is 4.95. The highest BCUT2D eigenvalue weighted by atomic mass is 16.2. The van der Waals surface area contributed by atoms with Crippen LogP contribution < -0.4 is 5.32 Å². The summed E-state index contributed by atoms with van der Waals surface area (Å²) in [5.41, 5.74) is 4.40. The summed E-state index contributed by atoms with van der Waals surface area (Å²) < 4.78 is 0. The van der Waals surface area contributed by atoms with Gasteiger partial charge in [0.25, 0.3) is 0 Å². The molecular weight excluding hydrogens is 372 g/mol. The summed E-state index contributed by atoms with van der Waals surface area (Å²) in [6.07, 6.45) is 5.38. The highest BCUT2D eigenvalue weighted by molar-refractivity contribution is 5.84. The minimum absolute atomic E-state index is 0.0968. The maximum Gasteiger partial charge on any atom is 0.226 e. The van der Waals surface area contributed by atoms with Gasteiger partial charge in [-0.2, -0.15) is 0 Å². The molecule has 4 rings (SSSR count). The third-order valence-electron chi connectivity index (χ3n) is 7.12. The Morgan fingerprint density at radius 2 is 1.80 bits per heavy atom. The molecule has 1 saturated heterocycles. The fourth-order valence-electron chi connectivity index (χ4n) is 4.95. The zero-order valence-electron chi connectivity index (χ0n) is 18.1. The van der Waals surface area contributed by atoms with E-state index in [0.717, 1.165) is 25.7 Å². The molecule has 2 aliphatic rings. The van der Waals surface area contributed by atoms with Crippen LogP contribution in [-0.2, 0) is 16.0 Å². The van der Waals surface area contributed by atoms with Crippen molar-refractivity contribution in [3.63, 3.8) is 0 Å². The number of carbonyl (C=O) groups is 2. The standard InChI is InChI=1S/C26H32N2O2/c1-19-7-3-4-12-23(19)22-11-5-8-20(17-22)18-26(25(30)27-2)13-15-28(16-14-26)24(29)21-9-6-10-21/h3-5,7-8,11-12,17,21H,6,9-10,13-16,18H2,1-2H3,(H,27,30). The summed E-state index contributed by atoms with van der Waals surface area (Å²) in [4.78, 5) is 27.6. The Labute approximate surface area is 179 Å². The maximum absolute atomic E-state index is 13.0. The first-order chi connectivity index (χ1) is 14.5. The van der Waals surface area contributed by atoms with Gasteiger partial charge < -0.3 is 10.2 Å². The van der Waals surface area contributed by atoms with Gasteiger partial charge in [0.05, 0.1) is 5.41 Å². The van der Waals surface area contributed by atoms with Crippen molar-refractivity contribution < 1.29 is 9.59 Å². The number of aryl methyl sites for hydroxylation is 1. The molecule has 4 heteroatoms. The van der Waals surface area contributed by atoms with Crippen LogP contribution in [0.15, 0.2) is 48.5 Å². The maximum atomic E-state index is 13.0. The van der Waals surface area contributed by atoms with Crippen LogP contribution >= 0.6 is 0 Å². The van der Waals surface area contributed by atoms with Gasteiger partial charge in [0.15, 0.2) is 0 Å². The van der Waals surface area contributed by atoms with Gasteiger partial charge in [-0.3, -0.25) is 9.59 Å². The Morgan fingerprint density at radius 1 is 1.07 bits per heavy atom. The second-order valence-electron chi connectivity index (χ2n) is 9.00. The van der Waals surface area contributed by atoms with Crippen LogP contribution in [0.3, 0.4) is 0 Å². The number of carbonyl (C=O) groups excluding carboxylic acids is 2. The number of piperidine rings is 1. The van der Waals surface area contributed by atoms with E-state index in [2.05, 4.69) is 60.8 Å². The van der Waals surface area contributed by atoms with Crippen molar-refractivity contribution in [1.29, 1.82) is 0 Å². The monoisotopic (exact) mass is 404 g/mol. The Kier molecular flexibility index (Phi) is 5.94. The van der Waals surface area contributed by atoms with Gasteiger partial charge in [-0.05, 0) is 61.3 Å². The summed E-state index contributed by atoms with van der Waals surface area (Å²) in [7, 11) is 1.72. The summed E-state index contributed by atoms with van der Waals surface area (Å²) in [6.45, 7) is 3.49. The number of amides is 2. The molecule has 1 aliphatic heterocycles. The van der Waals surface area contributed by atoms with Crippen molar-refractivity contribution in [3.8, 4) is 11.1 Å². The van der Waals surface area contributed by atoms with E-state index < -0.39 is 5.41 Å². The second kappa shape index (κ2) is 8.63. The first kappa shape index (κ1) is 20.6. The van der Waals surface area contributed by atoms with Crippen LogP contribution in [0.4, 0.5) is 0 Å². The first-order valence-corrected chi connectivity index (χ1v) is 11.2. The highest BCUT2D eigenvalue weighted by Gasteiger charge is 2.43. The van der Waals surface area contributed by atoms with Crippen molar-refractivity contribution in [2.75, 3.05) is 20.1 Å². The lowest BCUT2D eigenvalue weighted by Gasteiger charge is -2.42.